The fourth-order valence-electron chi connectivity index (χ4n) is 2.86. The van der Waals surface area contributed by atoms with Gasteiger partial charge < -0.3 is 20.4 Å². The zero-order valence-corrected chi connectivity index (χ0v) is 14.9. The van der Waals surface area contributed by atoms with Gasteiger partial charge in [-0.1, -0.05) is 0 Å². The van der Waals surface area contributed by atoms with Crippen LogP contribution in [-0.2, 0) is 0 Å². The number of hydrogen-bond donors (Lipinski definition) is 2. The highest BCUT2D eigenvalue weighted by molar-refractivity contribution is 5.74. The molecular formula is C18H23FN6O. The van der Waals surface area contributed by atoms with E-state index in [1.165, 1.54) is 17.0 Å². The minimum absolute atomic E-state index is 0.0779. The molecule has 2 aromatic rings. The number of halogens is 1. The topological polar surface area (TPSA) is 73.4 Å². The Morgan fingerprint density at radius 2 is 2.04 bits per heavy atom. The standard InChI is InChI=1S/C18H23FN6O/c1-24(2)18(26)22-15-4-3-9-25(12-15)17-11-20-10-16(23-17)21-14-7-5-13(19)6-8-14/h5-8,10-11,15H,3-4,9,12H2,1-2H3,(H,21,23)(H,22,26)/t15-/m1/s1. The van der Waals surface area contributed by atoms with Crippen LogP contribution in [0.5, 0.6) is 0 Å². The van der Waals surface area contributed by atoms with Gasteiger partial charge in [0.15, 0.2) is 5.82 Å². The van der Waals surface area contributed by atoms with Gasteiger partial charge in [0.1, 0.15) is 11.6 Å². The van der Waals surface area contributed by atoms with Crippen molar-refractivity contribution in [3.8, 4) is 0 Å². The summed E-state index contributed by atoms with van der Waals surface area (Å²) in [6.45, 7) is 1.55. The van der Waals surface area contributed by atoms with Crippen LogP contribution in [0.25, 0.3) is 0 Å². The summed E-state index contributed by atoms with van der Waals surface area (Å²) in [5, 5.41) is 6.15. The Bertz CT molecular complexity index is 752. The van der Waals surface area contributed by atoms with Crippen LogP contribution in [0.15, 0.2) is 36.7 Å². The zero-order valence-electron chi connectivity index (χ0n) is 14.9. The van der Waals surface area contributed by atoms with E-state index in [9.17, 15) is 9.18 Å². The molecule has 2 N–H and O–H groups in total. The van der Waals surface area contributed by atoms with Gasteiger partial charge in [0.25, 0.3) is 0 Å². The molecule has 1 aromatic heterocycles. The predicted molar refractivity (Wildman–Crippen MR) is 99.2 cm³/mol. The average Bonchev–Trinajstić information content (AvgIpc) is 2.64. The van der Waals surface area contributed by atoms with Crippen molar-refractivity contribution in [1.29, 1.82) is 0 Å². The third-order valence-electron chi connectivity index (χ3n) is 4.22. The summed E-state index contributed by atoms with van der Waals surface area (Å²) in [4.78, 5) is 24.4. The Hall–Kier alpha value is -2.90. The second-order valence-electron chi connectivity index (χ2n) is 6.52. The molecule has 1 aliphatic heterocycles. The minimum atomic E-state index is -0.283. The van der Waals surface area contributed by atoms with Crippen LogP contribution in [0.4, 0.5) is 26.5 Å². The molecule has 1 aliphatic rings. The number of benzene rings is 1. The highest BCUT2D eigenvalue weighted by Crippen LogP contribution is 2.21. The van der Waals surface area contributed by atoms with E-state index in [1.54, 1.807) is 38.6 Å². The maximum Gasteiger partial charge on any atom is 0.317 e. The lowest BCUT2D eigenvalue weighted by atomic mass is 10.1. The number of aromatic nitrogens is 2. The van der Waals surface area contributed by atoms with Crippen LogP contribution in [0.2, 0.25) is 0 Å². The van der Waals surface area contributed by atoms with Gasteiger partial charge in [-0.15, -0.1) is 0 Å². The van der Waals surface area contributed by atoms with Gasteiger partial charge in [0.2, 0.25) is 0 Å². The number of hydrogen-bond acceptors (Lipinski definition) is 5. The summed E-state index contributed by atoms with van der Waals surface area (Å²) in [6, 6.07) is 6.07. The van der Waals surface area contributed by atoms with Gasteiger partial charge in [-0.2, -0.15) is 0 Å². The van der Waals surface area contributed by atoms with Crippen molar-refractivity contribution in [3.63, 3.8) is 0 Å². The van der Waals surface area contributed by atoms with Crippen molar-refractivity contribution >= 4 is 23.4 Å². The number of nitrogens with one attached hydrogen (secondary N) is 2. The molecule has 1 atom stereocenters. The molecule has 8 heteroatoms. The van der Waals surface area contributed by atoms with Crippen molar-refractivity contribution < 1.29 is 9.18 Å². The van der Waals surface area contributed by atoms with Crippen LogP contribution in [0.3, 0.4) is 0 Å². The molecule has 3 rings (SSSR count). The molecule has 0 saturated carbocycles. The molecule has 138 valence electrons. The summed E-state index contributed by atoms with van der Waals surface area (Å²) >= 11 is 0. The minimum Gasteiger partial charge on any atom is -0.353 e. The number of nitrogens with zero attached hydrogens (tertiary/aromatic N) is 4. The first kappa shape index (κ1) is 17.9. The fraction of sp³-hybridized carbons (Fsp3) is 0.389. The molecular weight excluding hydrogens is 335 g/mol. The van der Waals surface area contributed by atoms with Crippen molar-refractivity contribution in [2.45, 2.75) is 18.9 Å². The molecule has 0 bridgehead atoms. The Balaban J connectivity index is 1.67. The Morgan fingerprint density at radius 1 is 1.27 bits per heavy atom. The Morgan fingerprint density at radius 3 is 2.77 bits per heavy atom. The van der Waals surface area contributed by atoms with E-state index in [0.29, 0.717) is 12.4 Å². The molecule has 2 amide bonds. The highest BCUT2D eigenvalue weighted by Gasteiger charge is 2.23. The quantitative estimate of drug-likeness (QED) is 0.879. The molecule has 1 fully saturated rings. The van der Waals surface area contributed by atoms with E-state index in [2.05, 4.69) is 25.5 Å². The van der Waals surface area contributed by atoms with Crippen LogP contribution in [0, 0.1) is 5.82 Å². The highest BCUT2D eigenvalue weighted by atomic mass is 19.1. The first-order chi connectivity index (χ1) is 12.5. The number of rotatable bonds is 4. The van der Waals surface area contributed by atoms with Gasteiger partial charge in [-0.25, -0.2) is 14.2 Å². The zero-order chi connectivity index (χ0) is 18.5. The fourth-order valence-corrected chi connectivity index (χ4v) is 2.86. The van der Waals surface area contributed by atoms with Crippen molar-refractivity contribution in [2.24, 2.45) is 0 Å². The van der Waals surface area contributed by atoms with E-state index >= 15 is 0 Å². The molecule has 0 unspecified atom stereocenters. The number of carbonyl (C=O) groups excluding carboxylic acids is 1. The van der Waals surface area contributed by atoms with Crippen LogP contribution < -0.4 is 15.5 Å². The molecule has 1 aromatic carbocycles. The molecule has 0 aliphatic carbocycles. The maximum atomic E-state index is 13.0. The van der Waals surface area contributed by atoms with E-state index in [1.807, 2.05) is 0 Å². The van der Waals surface area contributed by atoms with Gasteiger partial charge >= 0.3 is 6.03 Å². The molecule has 26 heavy (non-hydrogen) atoms. The molecule has 7 nitrogen and oxygen atoms in total. The largest absolute Gasteiger partial charge is 0.353 e. The summed E-state index contributed by atoms with van der Waals surface area (Å²) in [5.74, 6) is 1.06. The van der Waals surface area contributed by atoms with E-state index in [-0.39, 0.29) is 17.9 Å². The Kier molecular flexibility index (Phi) is 5.50. The smallest absolute Gasteiger partial charge is 0.317 e. The number of urea groups is 1. The lowest BCUT2D eigenvalue weighted by Crippen LogP contribution is -2.50. The third kappa shape index (κ3) is 4.59. The predicted octanol–water partition coefficient (Wildman–Crippen LogP) is 2.60. The van der Waals surface area contributed by atoms with E-state index in [4.69, 9.17) is 0 Å². The number of anilines is 3. The van der Waals surface area contributed by atoms with Crippen molar-refractivity contribution in [2.75, 3.05) is 37.4 Å². The summed E-state index contributed by atoms with van der Waals surface area (Å²) < 4.78 is 13.0. The number of carbonyl (C=O) groups is 1. The second kappa shape index (κ2) is 7.99. The van der Waals surface area contributed by atoms with E-state index in [0.717, 1.165) is 30.9 Å². The van der Waals surface area contributed by atoms with Gasteiger partial charge in [0.05, 0.1) is 12.4 Å². The van der Waals surface area contributed by atoms with Crippen LogP contribution >= 0.6 is 0 Å². The summed E-state index contributed by atoms with van der Waals surface area (Å²) in [7, 11) is 3.46. The third-order valence-corrected chi connectivity index (χ3v) is 4.22. The maximum absolute atomic E-state index is 13.0. The first-order valence-electron chi connectivity index (χ1n) is 8.58. The molecule has 0 spiro atoms. The summed E-state index contributed by atoms with van der Waals surface area (Å²) in [5.41, 5.74) is 0.743. The SMILES string of the molecule is CN(C)C(=O)N[C@@H]1CCCN(c2cncc(Nc3ccc(F)cc3)n2)C1. The summed E-state index contributed by atoms with van der Waals surface area (Å²) in [6.07, 6.45) is 5.25. The van der Waals surface area contributed by atoms with Gasteiger partial charge in [0, 0.05) is 38.9 Å². The van der Waals surface area contributed by atoms with Crippen LogP contribution in [-0.4, -0.2) is 54.1 Å². The molecule has 2 heterocycles. The lowest BCUT2D eigenvalue weighted by Gasteiger charge is -2.34. The average molecular weight is 358 g/mol. The monoisotopic (exact) mass is 358 g/mol. The molecule has 0 radical (unpaired) electrons. The Labute approximate surface area is 152 Å². The van der Waals surface area contributed by atoms with Gasteiger partial charge in [-0.05, 0) is 37.1 Å². The number of piperidine rings is 1. The van der Waals surface area contributed by atoms with Crippen LogP contribution in [0.1, 0.15) is 12.8 Å². The first-order valence-corrected chi connectivity index (χ1v) is 8.58. The number of amides is 2. The second-order valence-corrected chi connectivity index (χ2v) is 6.52. The lowest BCUT2D eigenvalue weighted by molar-refractivity contribution is 0.211. The van der Waals surface area contributed by atoms with Gasteiger partial charge in [-0.3, -0.25) is 4.98 Å². The normalized spacial score (nSPS) is 16.9. The van der Waals surface area contributed by atoms with Crippen molar-refractivity contribution in [1.82, 2.24) is 20.2 Å². The molecule has 1 saturated heterocycles. The van der Waals surface area contributed by atoms with E-state index < -0.39 is 0 Å². The van der Waals surface area contributed by atoms with Crippen molar-refractivity contribution in [3.05, 3.63) is 42.5 Å².